The molecule has 2 aromatic carbocycles. The number of alkyl halides is 6. The monoisotopic (exact) mass is 457 g/mol. The molecule has 0 saturated carbocycles. The average Bonchev–Trinajstić information content (AvgIpc) is 3.08. The topological polar surface area (TPSA) is 104 Å². The Balaban J connectivity index is 1.83. The SMILES string of the molecule is CC(O)(Cn1nnc2cc(C(F)(F)F)ccc21)C(=O)Nc1ccc(C#N)c(C(F)(F)F)c1. The van der Waals surface area contributed by atoms with Crippen LogP contribution in [-0.4, -0.2) is 31.6 Å². The minimum Gasteiger partial charge on any atom is -0.378 e. The highest BCUT2D eigenvalue weighted by atomic mass is 19.4. The maximum absolute atomic E-state index is 13.1. The number of rotatable bonds is 4. The lowest BCUT2D eigenvalue weighted by Crippen LogP contribution is -2.44. The molecular formula is C19H13F6N5O2. The summed E-state index contributed by atoms with van der Waals surface area (Å²) in [6.07, 6.45) is -9.44. The van der Waals surface area contributed by atoms with E-state index < -0.39 is 47.1 Å². The molecule has 1 amide bonds. The number of fused-ring (bicyclic) bond motifs is 1. The molecule has 1 atom stereocenters. The second-order valence-electron chi connectivity index (χ2n) is 7.05. The second-order valence-corrected chi connectivity index (χ2v) is 7.05. The highest BCUT2D eigenvalue weighted by Crippen LogP contribution is 2.34. The number of nitrogens with one attached hydrogen (secondary N) is 1. The van der Waals surface area contributed by atoms with E-state index in [0.717, 1.165) is 41.9 Å². The Morgan fingerprint density at radius 3 is 2.41 bits per heavy atom. The number of carbonyl (C=O) groups is 1. The van der Waals surface area contributed by atoms with E-state index in [9.17, 15) is 36.2 Å². The molecule has 0 bridgehead atoms. The van der Waals surface area contributed by atoms with Gasteiger partial charge >= 0.3 is 12.4 Å². The van der Waals surface area contributed by atoms with Gasteiger partial charge in [0.25, 0.3) is 5.91 Å². The minimum atomic E-state index is -4.84. The molecule has 0 saturated heterocycles. The van der Waals surface area contributed by atoms with Crippen molar-refractivity contribution < 1.29 is 36.2 Å². The Morgan fingerprint density at radius 1 is 1.12 bits per heavy atom. The van der Waals surface area contributed by atoms with Gasteiger partial charge in [-0.3, -0.25) is 4.79 Å². The van der Waals surface area contributed by atoms with E-state index in [1.807, 2.05) is 0 Å². The van der Waals surface area contributed by atoms with Crippen LogP contribution in [-0.2, 0) is 23.7 Å². The number of benzene rings is 2. The van der Waals surface area contributed by atoms with Gasteiger partial charge in [0.2, 0.25) is 0 Å². The zero-order valence-electron chi connectivity index (χ0n) is 16.1. The van der Waals surface area contributed by atoms with Crippen molar-refractivity contribution in [3.05, 3.63) is 53.1 Å². The normalized spacial score (nSPS) is 14.1. The summed E-state index contributed by atoms with van der Waals surface area (Å²) in [5.41, 5.74) is -5.44. The van der Waals surface area contributed by atoms with E-state index in [0.29, 0.717) is 6.07 Å². The Labute approximate surface area is 175 Å². The summed E-state index contributed by atoms with van der Waals surface area (Å²) < 4.78 is 78.7. The van der Waals surface area contributed by atoms with Crippen molar-refractivity contribution in [1.82, 2.24) is 15.0 Å². The third-order valence-electron chi connectivity index (χ3n) is 4.49. The average molecular weight is 457 g/mol. The van der Waals surface area contributed by atoms with Gasteiger partial charge in [-0.1, -0.05) is 5.21 Å². The summed E-state index contributed by atoms with van der Waals surface area (Å²) in [7, 11) is 0. The Kier molecular flexibility index (Phi) is 5.60. The van der Waals surface area contributed by atoms with Crippen molar-refractivity contribution in [3.8, 4) is 6.07 Å². The standard InChI is InChI=1S/C19H13F6N5O2/c1-17(32,9-30-15-5-3-11(18(20,21)22)6-14(15)28-29-30)16(31)27-12-4-2-10(8-26)13(7-12)19(23,24)25/h2-7,32H,9H2,1H3,(H,27,31). The lowest BCUT2D eigenvalue weighted by Gasteiger charge is -2.22. The van der Waals surface area contributed by atoms with Crippen molar-refractivity contribution in [1.29, 1.82) is 5.26 Å². The van der Waals surface area contributed by atoms with Gasteiger partial charge in [-0.2, -0.15) is 31.6 Å². The molecule has 168 valence electrons. The highest BCUT2D eigenvalue weighted by molar-refractivity contribution is 5.97. The van der Waals surface area contributed by atoms with E-state index >= 15 is 0 Å². The quantitative estimate of drug-likeness (QED) is 0.581. The first kappa shape index (κ1) is 23.0. The third-order valence-corrected chi connectivity index (χ3v) is 4.49. The molecule has 1 aromatic heterocycles. The van der Waals surface area contributed by atoms with Crippen molar-refractivity contribution in [2.75, 3.05) is 5.32 Å². The molecule has 3 aromatic rings. The summed E-state index contributed by atoms with van der Waals surface area (Å²) in [6, 6.07) is 6.49. The van der Waals surface area contributed by atoms with Crippen LogP contribution in [0.15, 0.2) is 36.4 Å². The number of nitrogens with zero attached hydrogens (tertiary/aromatic N) is 4. The van der Waals surface area contributed by atoms with E-state index in [1.54, 1.807) is 0 Å². The summed E-state index contributed by atoms with van der Waals surface area (Å²) in [5.74, 6) is -1.11. The van der Waals surface area contributed by atoms with Crippen LogP contribution in [0.5, 0.6) is 0 Å². The zero-order valence-corrected chi connectivity index (χ0v) is 16.1. The van der Waals surface area contributed by atoms with E-state index in [2.05, 4.69) is 15.6 Å². The van der Waals surface area contributed by atoms with E-state index in [1.165, 1.54) is 6.07 Å². The lowest BCUT2D eigenvalue weighted by molar-refractivity contribution is -0.138. The van der Waals surface area contributed by atoms with Crippen LogP contribution in [0.2, 0.25) is 0 Å². The molecular weight excluding hydrogens is 444 g/mol. The molecule has 0 aliphatic rings. The maximum atomic E-state index is 13.1. The predicted octanol–water partition coefficient (Wildman–Crippen LogP) is 3.73. The molecule has 1 unspecified atom stereocenters. The fraction of sp³-hybridized carbons (Fsp3) is 0.263. The summed E-state index contributed by atoms with van der Waals surface area (Å²) >= 11 is 0. The molecule has 0 aliphatic heterocycles. The molecule has 1 heterocycles. The van der Waals surface area contributed by atoms with Gasteiger partial charge in [-0.05, 0) is 43.3 Å². The van der Waals surface area contributed by atoms with Crippen LogP contribution in [0.4, 0.5) is 32.0 Å². The van der Waals surface area contributed by atoms with Crippen molar-refractivity contribution in [3.63, 3.8) is 0 Å². The Hall–Kier alpha value is -3.66. The summed E-state index contributed by atoms with van der Waals surface area (Å²) in [6.45, 7) is 0.497. The van der Waals surface area contributed by atoms with Gasteiger partial charge in [0.05, 0.1) is 34.8 Å². The van der Waals surface area contributed by atoms with Crippen LogP contribution in [0.3, 0.4) is 0 Å². The molecule has 0 aliphatic carbocycles. The zero-order chi connectivity index (χ0) is 23.9. The molecule has 0 radical (unpaired) electrons. The second kappa shape index (κ2) is 7.79. The molecule has 3 rings (SSSR count). The molecule has 32 heavy (non-hydrogen) atoms. The first-order valence-electron chi connectivity index (χ1n) is 8.78. The maximum Gasteiger partial charge on any atom is 0.417 e. The number of hydrogen-bond donors (Lipinski definition) is 2. The molecule has 13 heteroatoms. The lowest BCUT2D eigenvalue weighted by atomic mass is 10.0. The number of amides is 1. The number of aromatic nitrogens is 3. The van der Waals surface area contributed by atoms with Crippen LogP contribution >= 0.6 is 0 Å². The Morgan fingerprint density at radius 2 is 1.81 bits per heavy atom. The molecule has 7 nitrogen and oxygen atoms in total. The van der Waals surface area contributed by atoms with Crippen molar-refractivity contribution in [2.45, 2.75) is 31.4 Å². The van der Waals surface area contributed by atoms with Gasteiger partial charge in [0, 0.05) is 5.69 Å². The Bertz CT molecular complexity index is 1220. The van der Waals surface area contributed by atoms with Gasteiger partial charge in [-0.15, -0.1) is 5.10 Å². The first-order chi connectivity index (χ1) is 14.7. The number of aliphatic hydroxyl groups is 1. The van der Waals surface area contributed by atoms with Crippen LogP contribution in [0.1, 0.15) is 23.6 Å². The number of anilines is 1. The first-order valence-corrected chi connectivity index (χ1v) is 8.78. The third kappa shape index (κ3) is 4.65. The molecule has 0 fully saturated rings. The van der Waals surface area contributed by atoms with Crippen LogP contribution < -0.4 is 5.32 Å². The predicted molar refractivity (Wildman–Crippen MR) is 97.9 cm³/mol. The van der Waals surface area contributed by atoms with Gasteiger partial charge in [0.15, 0.2) is 5.60 Å². The van der Waals surface area contributed by atoms with Gasteiger partial charge < -0.3 is 10.4 Å². The number of halogens is 6. The van der Waals surface area contributed by atoms with E-state index in [-0.39, 0.29) is 16.7 Å². The van der Waals surface area contributed by atoms with Crippen LogP contribution in [0.25, 0.3) is 11.0 Å². The summed E-state index contributed by atoms with van der Waals surface area (Å²) in [5, 5.41) is 28.7. The highest BCUT2D eigenvalue weighted by Gasteiger charge is 2.36. The largest absolute Gasteiger partial charge is 0.417 e. The van der Waals surface area contributed by atoms with Crippen LogP contribution in [0, 0.1) is 11.3 Å². The summed E-state index contributed by atoms with van der Waals surface area (Å²) in [4.78, 5) is 12.5. The minimum absolute atomic E-state index is 0.101. The fourth-order valence-electron chi connectivity index (χ4n) is 2.85. The number of hydrogen-bond acceptors (Lipinski definition) is 5. The molecule has 2 N–H and O–H groups in total. The fourth-order valence-corrected chi connectivity index (χ4v) is 2.85. The van der Waals surface area contributed by atoms with Crippen molar-refractivity contribution in [2.24, 2.45) is 0 Å². The van der Waals surface area contributed by atoms with E-state index in [4.69, 9.17) is 5.26 Å². The smallest absolute Gasteiger partial charge is 0.378 e. The number of carbonyl (C=O) groups excluding carboxylic acids is 1. The van der Waals surface area contributed by atoms with Gasteiger partial charge in [-0.25, -0.2) is 4.68 Å². The number of nitriles is 1. The van der Waals surface area contributed by atoms with Gasteiger partial charge in [0.1, 0.15) is 5.52 Å². The molecule has 0 spiro atoms. The van der Waals surface area contributed by atoms with Crippen molar-refractivity contribution >= 4 is 22.6 Å².